The minimum atomic E-state index is -1.49. The summed E-state index contributed by atoms with van der Waals surface area (Å²) in [5, 5.41) is 12.8. The van der Waals surface area contributed by atoms with E-state index in [0.717, 1.165) is 10.5 Å². The van der Waals surface area contributed by atoms with Crippen molar-refractivity contribution < 1.29 is 24.2 Å². The third kappa shape index (κ3) is 3.26. The molecule has 1 N–H and O–H groups in total. The minimum absolute atomic E-state index is 0.0350. The van der Waals surface area contributed by atoms with Crippen molar-refractivity contribution >= 4 is 28.8 Å². The lowest BCUT2D eigenvalue weighted by atomic mass is 9.84. The summed E-state index contributed by atoms with van der Waals surface area (Å²) in [4.78, 5) is 26.1. The molecular formula is C18H24O5S. The lowest BCUT2D eigenvalue weighted by molar-refractivity contribution is -0.173. The second-order valence-electron chi connectivity index (χ2n) is 6.32. The second-order valence-corrected chi connectivity index (χ2v) is 7.26. The van der Waals surface area contributed by atoms with E-state index in [4.69, 9.17) is 9.47 Å². The Balaban J connectivity index is 2.39. The molecule has 0 aromatic carbocycles. The third-order valence-electron chi connectivity index (χ3n) is 4.55. The van der Waals surface area contributed by atoms with Crippen molar-refractivity contribution in [2.24, 2.45) is 11.3 Å². The molecule has 1 aliphatic rings. The Morgan fingerprint density at radius 1 is 1.33 bits per heavy atom. The van der Waals surface area contributed by atoms with Crippen LogP contribution in [-0.4, -0.2) is 35.9 Å². The molecule has 1 aromatic heterocycles. The normalized spacial score (nSPS) is 25.2. The fourth-order valence-electron chi connectivity index (χ4n) is 3.44. The molecule has 132 valence electrons. The molecular weight excluding hydrogens is 328 g/mol. The van der Waals surface area contributed by atoms with Gasteiger partial charge in [-0.2, -0.15) is 0 Å². The molecule has 0 radical (unpaired) electrons. The van der Waals surface area contributed by atoms with E-state index in [1.54, 1.807) is 20.8 Å². The monoisotopic (exact) mass is 352 g/mol. The van der Waals surface area contributed by atoms with Crippen LogP contribution in [0.2, 0.25) is 0 Å². The Morgan fingerprint density at radius 2 is 1.92 bits per heavy atom. The number of ether oxygens (including phenoxy) is 2. The Labute approximate surface area is 146 Å². The molecule has 0 bridgehead atoms. The van der Waals surface area contributed by atoms with Crippen molar-refractivity contribution in [3.05, 3.63) is 29.0 Å². The number of carbonyl (C=O) groups excluding carboxylic acids is 2. The van der Waals surface area contributed by atoms with E-state index in [-0.39, 0.29) is 26.1 Å². The third-order valence-corrected chi connectivity index (χ3v) is 5.50. The van der Waals surface area contributed by atoms with E-state index >= 15 is 0 Å². The fraction of sp³-hybridized carbons (Fsp3) is 0.556. The van der Waals surface area contributed by atoms with Crippen LogP contribution in [-0.2, 0) is 19.1 Å². The van der Waals surface area contributed by atoms with E-state index in [9.17, 15) is 14.7 Å². The zero-order chi connectivity index (χ0) is 18.0. The summed E-state index contributed by atoms with van der Waals surface area (Å²) in [5.41, 5.74) is -2.01. The summed E-state index contributed by atoms with van der Waals surface area (Å²) in [6.07, 6.45) is 0.0983. The van der Waals surface area contributed by atoms with Crippen LogP contribution in [0.15, 0.2) is 24.1 Å². The molecule has 1 aromatic rings. The number of hydrogen-bond donors (Lipinski definition) is 1. The lowest BCUT2D eigenvalue weighted by Gasteiger charge is -2.27. The van der Waals surface area contributed by atoms with Gasteiger partial charge in [-0.25, -0.2) is 0 Å². The van der Waals surface area contributed by atoms with Gasteiger partial charge < -0.3 is 14.6 Å². The number of rotatable bonds is 6. The average Bonchev–Trinajstić information content (AvgIpc) is 3.13. The molecule has 0 unspecified atom stereocenters. The molecule has 6 heteroatoms. The van der Waals surface area contributed by atoms with Crippen LogP contribution in [0.5, 0.6) is 0 Å². The maximum atomic E-state index is 12.6. The number of carbonyl (C=O) groups is 2. The highest BCUT2D eigenvalue weighted by atomic mass is 32.1. The summed E-state index contributed by atoms with van der Waals surface area (Å²) < 4.78 is 10.3. The van der Waals surface area contributed by atoms with Crippen molar-refractivity contribution in [1.82, 2.24) is 0 Å². The number of hydrogen-bond acceptors (Lipinski definition) is 6. The first kappa shape index (κ1) is 18.7. The largest absolute Gasteiger partial charge is 0.465 e. The molecule has 0 spiro atoms. The molecule has 1 heterocycles. The first-order valence-electron chi connectivity index (χ1n) is 8.08. The zero-order valence-electron chi connectivity index (χ0n) is 14.3. The Morgan fingerprint density at radius 3 is 2.38 bits per heavy atom. The summed E-state index contributed by atoms with van der Waals surface area (Å²) in [6.45, 7) is 9.44. The molecule has 24 heavy (non-hydrogen) atoms. The van der Waals surface area contributed by atoms with E-state index < -0.39 is 28.9 Å². The molecule has 5 nitrogen and oxygen atoms in total. The standard InChI is InChI=1S/C18H24O5S/c1-5-22-15(19)18(16(20)23-6-2)10-13(17(4,21)11-18)12(3)14-8-7-9-24-14/h7-9,13,21H,3,5-6,10-11H2,1-2,4H3/t13-,17-/m0/s1. The van der Waals surface area contributed by atoms with Crippen molar-refractivity contribution in [3.8, 4) is 0 Å². The van der Waals surface area contributed by atoms with Gasteiger partial charge in [-0.15, -0.1) is 11.3 Å². The maximum Gasteiger partial charge on any atom is 0.323 e. The van der Waals surface area contributed by atoms with Gasteiger partial charge in [0, 0.05) is 17.2 Å². The summed E-state index contributed by atoms with van der Waals surface area (Å²) in [7, 11) is 0. The van der Waals surface area contributed by atoms with Crippen LogP contribution in [0, 0.1) is 11.3 Å². The Bertz CT molecular complexity index is 599. The SMILES string of the molecule is C=C(c1cccs1)[C@@H]1CC(C(=O)OCC)(C(=O)OCC)C[C@]1(C)O. The van der Waals surface area contributed by atoms with Gasteiger partial charge in [-0.1, -0.05) is 12.6 Å². The number of thiophene rings is 1. The van der Waals surface area contributed by atoms with Gasteiger partial charge in [-0.05, 0) is 44.2 Å². The second kappa shape index (κ2) is 7.07. The molecule has 2 rings (SSSR count). The summed E-state index contributed by atoms with van der Waals surface area (Å²) in [6, 6.07) is 3.82. The first-order chi connectivity index (χ1) is 11.3. The average molecular weight is 352 g/mol. The number of aliphatic hydroxyl groups is 1. The smallest absolute Gasteiger partial charge is 0.323 e. The van der Waals surface area contributed by atoms with Gasteiger partial charge in [0.1, 0.15) is 0 Å². The van der Waals surface area contributed by atoms with Crippen LogP contribution in [0.25, 0.3) is 5.57 Å². The molecule has 2 atom stereocenters. The quantitative estimate of drug-likeness (QED) is 0.629. The Kier molecular flexibility index (Phi) is 5.50. The predicted molar refractivity (Wildman–Crippen MR) is 92.4 cm³/mol. The molecule has 1 fully saturated rings. The zero-order valence-corrected chi connectivity index (χ0v) is 15.1. The van der Waals surface area contributed by atoms with E-state index in [2.05, 4.69) is 6.58 Å². The van der Waals surface area contributed by atoms with Crippen molar-refractivity contribution in [2.75, 3.05) is 13.2 Å². The first-order valence-corrected chi connectivity index (χ1v) is 8.96. The number of esters is 2. The van der Waals surface area contributed by atoms with Crippen LogP contribution in [0.4, 0.5) is 0 Å². The molecule has 0 aliphatic heterocycles. The highest BCUT2D eigenvalue weighted by Gasteiger charge is 2.62. The summed E-state index contributed by atoms with van der Waals surface area (Å²) in [5.74, 6) is -1.69. The van der Waals surface area contributed by atoms with Crippen molar-refractivity contribution in [3.63, 3.8) is 0 Å². The minimum Gasteiger partial charge on any atom is -0.465 e. The molecule has 0 saturated heterocycles. The van der Waals surface area contributed by atoms with Gasteiger partial charge >= 0.3 is 11.9 Å². The van der Waals surface area contributed by atoms with Crippen LogP contribution in [0.1, 0.15) is 38.5 Å². The lowest BCUT2D eigenvalue weighted by Crippen LogP contribution is -2.41. The molecule has 1 aliphatic carbocycles. The summed E-state index contributed by atoms with van der Waals surface area (Å²) >= 11 is 1.51. The van der Waals surface area contributed by atoms with Gasteiger partial charge in [0.15, 0.2) is 5.41 Å². The maximum absolute atomic E-state index is 12.6. The van der Waals surface area contributed by atoms with Crippen LogP contribution < -0.4 is 0 Å². The highest BCUT2D eigenvalue weighted by Crippen LogP contribution is 2.54. The van der Waals surface area contributed by atoms with Gasteiger partial charge in [0.05, 0.1) is 18.8 Å². The van der Waals surface area contributed by atoms with Crippen LogP contribution >= 0.6 is 11.3 Å². The topological polar surface area (TPSA) is 72.8 Å². The molecule has 1 saturated carbocycles. The van der Waals surface area contributed by atoms with Gasteiger partial charge in [0.25, 0.3) is 0 Å². The van der Waals surface area contributed by atoms with Crippen LogP contribution in [0.3, 0.4) is 0 Å². The van der Waals surface area contributed by atoms with Gasteiger partial charge in [0.2, 0.25) is 0 Å². The van der Waals surface area contributed by atoms with Crippen molar-refractivity contribution in [1.29, 1.82) is 0 Å². The molecule has 0 amide bonds. The fourth-order valence-corrected chi connectivity index (χ4v) is 4.19. The Hall–Kier alpha value is -1.66. The van der Waals surface area contributed by atoms with Crippen molar-refractivity contribution in [2.45, 2.75) is 39.2 Å². The van der Waals surface area contributed by atoms with Gasteiger partial charge in [-0.3, -0.25) is 9.59 Å². The van der Waals surface area contributed by atoms with E-state index in [1.807, 2.05) is 17.5 Å². The van der Waals surface area contributed by atoms with E-state index in [1.165, 1.54) is 11.3 Å². The predicted octanol–water partition coefficient (Wildman–Crippen LogP) is 3.03. The van der Waals surface area contributed by atoms with E-state index in [0.29, 0.717) is 0 Å². The highest BCUT2D eigenvalue weighted by molar-refractivity contribution is 7.11.